The standard InChI is InChI=1S/C13H12BrCl2N3/c14-10-5-9(1-2-11(10)15)13(19-17)6-8-3-4-18-7-12(8)16/h1-5,7,13,19H,6,17H2. The summed E-state index contributed by atoms with van der Waals surface area (Å²) in [5, 5.41) is 1.30. The Hall–Kier alpha value is -0.650. The first-order valence-corrected chi connectivity index (χ1v) is 7.16. The lowest BCUT2D eigenvalue weighted by atomic mass is 10.0. The largest absolute Gasteiger partial charge is 0.271 e. The second-order valence-electron chi connectivity index (χ2n) is 4.06. The van der Waals surface area contributed by atoms with Crippen molar-refractivity contribution >= 4 is 39.1 Å². The molecule has 0 saturated carbocycles. The molecule has 2 aromatic rings. The third kappa shape index (κ3) is 3.68. The maximum Gasteiger partial charge on any atom is 0.0622 e. The Bertz CT molecular complexity index is 578. The van der Waals surface area contributed by atoms with Crippen molar-refractivity contribution in [1.82, 2.24) is 10.4 Å². The Morgan fingerprint density at radius 1 is 1.26 bits per heavy atom. The molecule has 100 valence electrons. The molecule has 1 aromatic heterocycles. The molecule has 1 heterocycles. The summed E-state index contributed by atoms with van der Waals surface area (Å²) in [5.74, 6) is 5.63. The highest BCUT2D eigenvalue weighted by Gasteiger charge is 2.13. The first-order valence-electron chi connectivity index (χ1n) is 5.61. The highest BCUT2D eigenvalue weighted by Crippen LogP contribution is 2.28. The number of nitrogens with zero attached hydrogens (tertiary/aromatic N) is 1. The van der Waals surface area contributed by atoms with Crippen LogP contribution in [0.1, 0.15) is 17.2 Å². The molecule has 0 aliphatic rings. The van der Waals surface area contributed by atoms with Gasteiger partial charge in [-0.15, -0.1) is 0 Å². The Balaban J connectivity index is 2.25. The van der Waals surface area contributed by atoms with Crippen LogP contribution in [-0.2, 0) is 6.42 Å². The van der Waals surface area contributed by atoms with Crippen LogP contribution in [0.5, 0.6) is 0 Å². The van der Waals surface area contributed by atoms with Crippen molar-refractivity contribution in [3.05, 3.63) is 62.3 Å². The van der Waals surface area contributed by atoms with Crippen LogP contribution in [0.3, 0.4) is 0 Å². The maximum atomic E-state index is 6.11. The number of hydrogen-bond acceptors (Lipinski definition) is 3. The number of aromatic nitrogens is 1. The maximum absolute atomic E-state index is 6.11. The monoisotopic (exact) mass is 359 g/mol. The molecule has 0 aliphatic heterocycles. The number of hydrazine groups is 1. The van der Waals surface area contributed by atoms with E-state index in [4.69, 9.17) is 29.0 Å². The number of hydrogen-bond donors (Lipinski definition) is 2. The van der Waals surface area contributed by atoms with Gasteiger partial charge in [0.05, 0.1) is 16.1 Å². The van der Waals surface area contributed by atoms with E-state index in [9.17, 15) is 0 Å². The highest BCUT2D eigenvalue weighted by molar-refractivity contribution is 9.10. The lowest BCUT2D eigenvalue weighted by Gasteiger charge is -2.17. The summed E-state index contributed by atoms with van der Waals surface area (Å²) >= 11 is 15.5. The summed E-state index contributed by atoms with van der Waals surface area (Å²) in [7, 11) is 0. The van der Waals surface area contributed by atoms with Gasteiger partial charge in [-0.25, -0.2) is 0 Å². The van der Waals surface area contributed by atoms with Gasteiger partial charge in [-0.1, -0.05) is 29.3 Å². The molecule has 1 atom stereocenters. The van der Waals surface area contributed by atoms with E-state index in [-0.39, 0.29) is 6.04 Å². The zero-order chi connectivity index (χ0) is 13.8. The third-order valence-electron chi connectivity index (χ3n) is 2.83. The minimum Gasteiger partial charge on any atom is -0.271 e. The fourth-order valence-corrected chi connectivity index (χ4v) is 2.50. The zero-order valence-corrected chi connectivity index (χ0v) is 13.0. The molecule has 0 aliphatic carbocycles. The lowest BCUT2D eigenvalue weighted by molar-refractivity contribution is 0.551. The molecular formula is C13H12BrCl2N3. The van der Waals surface area contributed by atoms with Gasteiger partial charge in [-0.2, -0.15) is 0 Å². The van der Waals surface area contributed by atoms with Crippen LogP contribution >= 0.6 is 39.1 Å². The Morgan fingerprint density at radius 3 is 2.68 bits per heavy atom. The van der Waals surface area contributed by atoms with Gasteiger partial charge in [0.15, 0.2) is 0 Å². The molecular weight excluding hydrogens is 349 g/mol. The van der Waals surface area contributed by atoms with Crippen molar-refractivity contribution in [3.8, 4) is 0 Å². The van der Waals surface area contributed by atoms with E-state index in [1.165, 1.54) is 0 Å². The van der Waals surface area contributed by atoms with E-state index in [0.717, 1.165) is 15.6 Å². The van der Waals surface area contributed by atoms with Crippen molar-refractivity contribution < 1.29 is 0 Å². The fourth-order valence-electron chi connectivity index (χ4n) is 1.79. The third-order valence-corrected chi connectivity index (χ3v) is 4.38. The van der Waals surface area contributed by atoms with Gasteiger partial charge in [0.2, 0.25) is 0 Å². The quantitative estimate of drug-likeness (QED) is 0.642. The summed E-state index contributed by atoms with van der Waals surface area (Å²) in [4.78, 5) is 3.97. The van der Waals surface area contributed by atoms with Gasteiger partial charge in [0, 0.05) is 16.9 Å². The average molecular weight is 361 g/mol. The SMILES string of the molecule is NNC(Cc1ccncc1Cl)c1ccc(Cl)c(Br)c1. The van der Waals surface area contributed by atoms with E-state index >= 15 is 0 Å². The van der Waals surface area contributed by atoms with Crippen molar-refractivity contribution in [2.24, 2.45) is 5.84 Å². The minimum absolute atomic E-state index is 0.0477. The van der Waals surface area contributed by atoms with Crippen LogP contribution in [0.4, 0.5) is 0 Å². The minimum atomic E-state index is -0.0477. The summed E-state index contributed by atoms with van der Waals surface area (Å²) < 4.78 is 0.841. The number of nitrogens with one attached hydrogen (secondary N) is 1. The van der Waals surface area contributed by atoms with E-state index in [1.807, 2.05) is 24.3 Å². The van der Waals surface area contributed by atoms with E-state index in [2.05, 4.69) is 26.3 Å². The molecule has 1 unspecified atom stereocenters. The van der Waals surface area contributed by atoms with Crippen LogP contribution in [-0.4, -0.2) is 4.98 Å². The summed E-state index contributed by atoms with van der Waals surface area (Å²) in [6.07, 6.45) is 4.01. The van der Waals surface area contributed by atoms with Crippen molar-refractivity contribution in [2.45, 2.75) is 12.5 Å². The first kappa shape index (κ1) is 14.8. The summed E-state index contributed by atoms with van der Waals surface area (Å²) in [6, 6.07) is 7.56. The number of nitrogens with two attached hydrogens (primary N) is 1. The highest BCUT2D eigenvalue weighted by atomic mass is 79.9. The zero-order valence-electron chi connectivity index (χ0n) is 9.91. The van der Waals surface area contributed by atoms with Gasteiger partial charge < -0.3 is 0 Å². The fraction of sp³-hybridized carbons (Fsp3) is 0.154. The number of rotatable bonds is 4. The molecule has 0 saturated heterocycles. The van der Waals surface area contributed by atoms with Crippen molar-refractivity contribution in [3.63, 3.8) is 0 Å². The van der Waals surface area contributed by atoms with Crippen LogP contribution in [0.2, 0.25) is 10.0 Å². The predicted octanol–water partition coefficient (Wildman–Crippen LogP) is 3.90. The Kier molecular flexibility index (Phi) is 5.19. The van der Waals surface area contributed by atoms with Crippen LogP contribution < -0.4 is 11.3 Å². The smallest absolute Gasteiger partial charge is 0.0622 e. The van der Waals surface area contributed by atoms with Gasteiger partial charge in [-0.05, 0) is 51.7 Å². The Morgan fingerprint density at radius 2 is 2.05 bits per heavy atom. The second kappa shape index (κ2) is 6.68. The molecule has 0 fully saturated rings. The molecule has 0 bridgehead atoms. The molecule has 3 N–H and O–H groups in total. The van der Waals surface area contributed by atoms with Gasteiger partial charge >= 0.3 is 0 Å². The summed E-state index contributed by atoms with van der Waals surface area (Å²) in [5.41, 5.74) is 4.82. The second-order valence-corrected chi connectivity index (χ2v) is 5.73. The number of benzene rings is 1. The average Bonchev–Trinajstić information content (AvgIpc) is 2.41. The van der Waals surface area contributed by atoms with Crippen molar-refractivity contribution in [1.29, 1.82) is 0 Å². The molecule has 0 spiro atoms. The normalized spacial score (nSPS) is 12.4. The molecule has 19 heavy (non-hydrogen) atoms. The van der Waals surface area contributed by atoms with Gasteiger partial charge in [0.1, 0.15) is 0 Å². The molecule has 3 nitrogen and oxygen atoms in total. The van der Waals surface area contributed by atoms with E-state index in [0.29, 0.717) is 16.5 Å². The molecule has 6 heteroatoms. The topological polar surface area (TPSA) is 50.9 Å². The van der Waals surface area contributed by atoms with Crippen molar-refractivity contribution in [2.75, 3.05) is 0 Å². The Labute approximate surface area is 130 Å². The van der Waals surface area contributed by atoms with Crippen LogP contribution in [0.25, 0.3) is 0 Å². The lowest BCUT2D eigenvalue weighted by Crippen LogP contribution is -2.29. The van der Waals surface area contributed by atoms with Gasteiger partial charge in [-0.3, -0.25) is 16.3 Å². The number of halogens is 3. The summed E-state index contributed by atoms with van der Waals surface area (Å²) in [6.45, 7) is 0. The predicted molar refractivity (Wildman–Crippen MR) is 82.2 cm³/mol. The molecule has 2 rings (SSSR count). The van der Waals surface area contributed by atoms with E-state index in [1.54, 1.807) is 12.4 Å². The van der Waals surface area contributed by atoms with Gasteiger partial charge in [0.25, 0.3) is 0 Å². The number of pyridine rings is 1. The molecule has 0 radical (unpaired) electrons. The molecule has 0 amide bonds. The molecule has 1 aromatic carbocycles. The van der Waals surface area contributed by atoms with E-state index < -0.39 is 0 Å². The first-order chi connectivity index (χ1) is 9.11. The van der Waals surface area contributed by atoms with Crippen LogP contribution in [0, 0.1) is 0 Å². The van der Waals surface area contributed by atoms with Crippen LogP contribution in [0.15, 0.2) is 41.1 Å².